The molecule has 0 bridgehead atoms. The highest BCUT2D eigenvalue weighted by molar-refractivity contribution is 8.00. The number of piperazine rings is 1. The number of esters is 1. The van der Waals surface area contributed by atoms with Gasteiger partial charge >= 0.3 is 5.97 Å². The van der Waals surface area contributed by atoms with Crippen molar-refractivity contribution in [1.29, 1.82) is 0 Å². The highest BCUT2D eigenvalue weighted by Crippen LogP contribution is 2.33. The van der Waals surface area contributed by atoms with Crippen molar-refractivity contribution in [2.75, 3.05) is 26.0 Å². The average Bonchev–Trinajstić information content (AvgIpc) is 3.03. The standard InChI is InChI=1S/C15H17N3O4S/c1-22-15(21)14-18-11(9-23-14)13(20)17(8-12(18)19)7-5-10-4-2-3-6-16-10/h2-4,6,11,14H,5,7-9H2,1H3. The molecule has 2 atom stereocenters. The Morgan fingerprint density at radius 3 is 2.96 bits per heavy atom. The maximum atomic E-state index is 12.6. The van der Waals surface area contributed by atoms with Crippen molar-refractivity contribution < 1.29 is 19.1 Å². The summed E-state index contributed by atoms with van der Waals surface area (Å²) in [5.41, 5.74) is 0.878. The fraction of sp³-hybridized carbons (Fsp3) is 0.467. The summed E-state index contributed by atoms with van der Waals surface area (Å²) in [6, 6.07) is 5.04. The van der Waals surface area contributed by atoms with Crippen LogP contribution in [0.2, 0.25) is 0 Å². The lowest BCUT2D eigenvalue weighted by Gasteiger charge is -2.37. The molecule has 8 heteroatoms. The SMILES string of the molecule is COC(=O)C1SCC2C(=O)N(CCc3ccccn3)CC(=O)N21. The van der Waals surface area contributed by atoms with Crippen LogP contribution in [-0.4, -0.2) is 69.9 Å². The van der Waals surface area contributed by atoms with Crippen LogP contribution in [0.25, 0.3) is 0 Å². The molecule has 3 rings (SSSR count). The van der Waals surface area contributed by atoms with E-state index >= 15 is 0 Å². The molecule has 122 valence electrons. The number of fused-ring (bicyclic) bond motifs is 1. The van der Waals surface area contributed by atoms with Gasteiger partial charge in [-0.05, 0) is 12.1 Å². The molecule has 0 saturated carbocycles. The first-order valence-electron chi connectivity index (χ1n) is 7.31. The zero-order chi connectivity index (χ0) is 16.4. The number of carbonyl (C=O) groups excluding carboxylic acids is 3. The molecule has 7 nitrogen and oxygen atoms in total. The van der Waals surface area contributed by atoms with Gasteiger partial charge in [-0.25, -0.2) is 4.79 Å². The number of nitrogens with zero attached hydrogens (tertiary/aromatic N) is 3. The second-order valence-corrected chi connectivity index (χ2v) is 6.47. The second kappa shape index (κ2) is 6.57. The highest BCUT2D eigenvalue weighted by atomic mass is 32.2. The first-order valence-corrected chi connectivity index (χ1v) is 8.36. The van der Waals surface area contributed by atoms with Crippen LogP contribution in [0.3, 0.4) is 0 Å². The largest absolute Gasteiger partial charge is 0.467 e. The van der Waals surface area contributed by atoms with Crippen LogP contribution in [0.1, 0.15) is 5.69 Å². The average molecular weight is 335 g/mol. The van der Waals surface area contributed by atoms with E-state index in [1.807, 2.05) is 18.2 Å². The topological polar surface area (TPSA) is 79.8 Å². The van der Waals surface area contributed by atoms with Gasteiger partial charge in [-0.1, -0.05) is 6.07 Å². The fourth-order valence-corrected chi connectivity index (χ4v) is 4.13. The predicted octanol–water partition coefficient (Wildman–Crippen LogP) is -0.0906. The summed E-state index contributed by atoms with van der Waals surface area (Å²) < 4.78 is 4.71. The predicted molar refractivity (Wildman–Crippen MR) is 83.4 cm³/mol. The van der Waals surface area contributed by atoms with E-state index in [2.05, 4.69) is 4.98 Å². The highest BCUT2D eigenvalue weighted by Gasteiger charge is 2.50. The van der Waals surface area contributed by atoms with Gasteiger partial charge in [-0.15, -0.1) is 11.8 Å². The van der Waals surface area contributed by atoms with Gasteiger partial charge in [0.25, 0.3) is 0 Å². The lowest BCUT2D eigenvalue weighted by molar-refractivity contribution is -0.159. The Morgan fingerprint density at radius 2 is 2.26 bits per heavy atom. The lowest BCUT2D eigenvalue weighted by Crippen LogP contribution is -2.61. The molecule has 2 amide bonds. The quantitative estimate of drug-likeness (QED) is 0.716. The van der Waals surface area contributed by atoms with E-state index in [0.29, 0.717) is 18.7 Å². The Balaban J connectivity index is 1.68. The molecule has 0 aliphatic carbocycles. The van der Waals surface area contributed by atoms with E-state index in [-0.39, 0.29) is 18.4 Å². The van der Waals surface area contributed by atoms with E-state index in [0.717, 1.165) is 5.69 Å². The van der Waals surface area contributed by atoms with Gasteiger partial charge in [0, 0.05) is 30.6 Å². The molecule has 0 spiro atoms. The summed E-state index contributed by atoms with van der Waals surface area (Å²) in [5, 5.41) is -0.709. The molecule has 0 radical (unpaired) electrons. The van der Waals surface area contributed by atoms with Crippen LogP contribution in [0, 0.1) is 0 Å². The third-order valence-corrected chi connectivity index (χ3v) is 5.22. The van der Waals surface area contributed by atoms with Crippen LogP contribution >= 0.6 is 11.8 Å². The van der Waals surface area contributed by atoms with Crippen molar-refractivity contribution in [2.45, 2.75) is 17.8 Å². The van der Waals surface area contributed by atoms with Gasteiger partial charge in [-0.3, -0.25) is 14.6 Å². The monoisotopic (exact) mass is 335 g/mol. The number of thioether (sulfide) groups is 1. The Bertz CT molecular complexity index is 624. The summed E-state index contributed by atoms with van der Waals surface area (Å²) in [6.07, 6.45) is 2.30. The molecule has 2 aliphatic heterocycles. The molecular formula is C15H17N3O4S. The van der Waals surface area contributed by atoms with E-state index < -0.39 is 17.4 Å². The van der Waals surface area contributed by atoms with Crippen LogP contribution in [0.15, 0.2) is 24.4 Å². The number of ether oxygens (including phenoxy) is 1. The summed E-state index contributed by atoms with van der Waals surface area (Å²) in [4.78, 5) is 43.8. The van der Waals surface area contributed by atoms with Crippen molar-refractivity contribution in [1.82, 2.24) is 14.8 Å². The third kappa shape index (κ3) is 3.03. The smallest absolute Gasteiger partial charge is 0.339 e. The van der Waals surface area contributed by atoms with Crippen molar-refractivity contribution >= 4 is 29.5 Å². The van der Waals surface area contributed by atoms with Gasteiger partial charge in [0.1, 0.15) is 6.04 Å². The molecule has 2 aliphatic rings. The van der Waals surface area contributed by atoms with Gasteiger partial charge in [0.05, 0.1) is 13.7 Å². The molecule has 2 unspecified atom stereocenters. The zero-order valence-electron chi connectivity index (χ0n) is 12.7. The Morgan fingerprint density at radius 1 is 1.43 bits per heavy atom. The van der Waals surface area contributed by atoms with E-state index in [9.17, 15) is 14.4 Å². The van der Waals surface area contributed by atoms with Gasteiger partial charge in [-0.2, -0.15) is 0 Å². The summed E-state index contributed by atoms with van der Waals surface area (Å²) in [5.74, 6) is -0.388. The third-order valence-electron chi connectivity index (χ3n) is 3.98. The number of carbonyl (C=O) groups is 3. The molecule has 0 aromatic carbocycles. The minimum atomic E-state index is -0.709. The first-order chi connectivity index (χ1) is 11.1. The Labute approximate surface area is 138 Å². The summed E-state index contributed by atoms with van der Waals surface area (Å²) >= 11 is 1.28. The number of aromatic nitrogens is 1. The second-order valence-electron chi connectivity index (χ2n) is 5.36. The maximum absolute atomic E-state index is 12.6. The number of hydrogen-bond acceptors (Lipinski definition) is 6. The van der Waals surface area contributed by atoms with Gasteiger partial charge in [0.15, 0.2) is 5.37 Å². The van der Waals surface area contributed by atoms with Crippen molar-refractivity contribution in [3.05, 3.63) is 30.1 Å². The van der Waals surface area contributed by atoms with Crippen LogP contribution in [0.4, 0.5) is 0 Å². The molecule has 1 aromatic heterocycles. The van der Waals surface area contributed by atoms with E-state index in [1.165, 1.54) is 23.8 Å². The minimum absolute atomic E-state index is 0.00375. The molecule has 23 heavy (non-hydrogen) atoms. The maximum Gasteiger partial charge on any atom is 0.339 e. The Kier molecular flexibility index (Phi) is 4.51. The normalized spacial score (nSPS) is 23.9. The van der Waals surface area contributed by atoms with Crippen LogP contribution in [0.5, 0.6) is 0 Å². The van der Waals surface area contributed by atoms with Gasteiger partial charge in [0.2, 0.25) is 11.8 Å². The van der Waals surface area contributed by atoms with E-state index in [4.69, 9.17) is 4.74 Å². The number of amides is 2. The number of rotatable bonds is 4. The van der Waals surface area contributed by atoms with Crippen LogP contribution in [-0.2, 0) is 25.5 Å². The zero-order valence-corrected chi connectivity index (χ0v) is 13.5. The molecule has 3 heterocycles. The number of hydrogen-bond donors (Lipinski definition) is 0. The molecule has 1 aromatic rings. The fourth-order valence-electron chi connectivity index (χ4n) is 2.80. The van der Waals surface area contributed by atoms with Crippen molar-refractivity contribution in [3.63, 3.8) is 0 Å². The molecular weight excluding hydrogens is 318 g/mol. The summed E-state index contributed by atoms with van der Waals surface area (Å²) in [7, 11) is 1.28. The molecule has 0 N–H and O–H groups in total. The molecule has 2 saturated heterocycles. The van der Waals surface area contributed by atoms with Crippen LogP contribution < -0.4 is 0 Å². The molecule has 2 fully saturated rings. The first kappa shape index (κ1) is 15.8. The minimum Gasteiger partial charge on any atom is -0.467 e. The van der Waals surface area contributed by atoms with Crippen molar-refractivity contribution in [3.8, 4) is 0 Å². The summed E-state index contributed by atoms with van der Waals surface area (Å²) in [6.45, 7) is 0.440. The Hall–Kier alpha value is -2.09. The van der Waals surface area contributed by atoms with Crippen molar-refractivity contribution in [2.24, 2.45) is 0 Å². The number of pyridine rings is 1. The number of methoxy groups -OCH3 is 1. The van der Waals surface area contributed by atoms with E-state index in [1.54, 1.807) is 11.1 Å². The lowest BCUT2D eigenvalue weighted by atomic mass is 10.1. The van der Waals surface area contributed by atoms with Gasteiger partial charge < -0.3 is 14.5 Å².